The normalized spacial score (nSPS) is 16.1. The minimum Gasteiger partial charge on any atom is -0.294 e. The van der Waals surface area contributed by atoms with Crippen LogP contribution in [0.25, 0.3) is 0 Å². The monoisotopic (exact) mass is 374 g/mol. The Morgan fingerprint density at radius 2 is 1.58 bits per heavy atom. The van der Waals surface area contributed by atoms with Gasteiger partial charge in [-0.15, -0.1) is 0 Å². The fourth-order valence-electron chi connectivity index (χ4n) is 2.69. The lowest BCUT2D eigenvalue weighted by molar-refractivity contribution is -0.387. The largest absolute Gasteiger partial charge is 0.294 e. The number of para-hydroxylation sites is 1. The van der Waals surface area contributed by atoms with E-state index in [2.05, 4.69) is 5.10 Å². The van der Waals surface area contributed by atoms with Crippen molar-refractivity contribution in [1.82, 2.24) is 9.31 Å². The van der Waals surface area contributed by atoms with Crippen molar-refractivity contribution in [1.29, 1.82) is 0 Å². The van der Waals surface area contributed by atoms with Gasteiger partial charge in [-0.25, -0.2) is 8.42 Å². The van der Waals surface area contributed by atoms with E-state index in [1.165, 1.54) is 28.6 Å². The van der Waals surface area contributed by atoms with E-state index in [4.69, 9.17) is 0 Å². The number of benzene rings is 2. The molecule has 0 aromatic heterocycles. The Labute approximate surface area is 151 Å². The quantitative estimate of drug-likeness (QED) is 0.453. The fraction of sp³-hybridized carbons (Fsp3) is 0.235. The van der Waals surface area contributed by atoms with E-state index in [9.17, 15) is 18.5 Å². The number of hydrogen-bond donors (Lipinski definition) is 0. The first-order valence-corrected chi connectivity index (χ1v) is 9.50. The van der Waals surface area contributed by atoms with Gasteiger partial charge >= 0.3 is 0 Å². The Morgan fingerprint density at radius 1 is 0.962 bits per heavy atom. The van der Waals surface area contributed by atoms with Crippen LogP contribution in [0.1, 0.15) is 5.56 Å². The maximum atomic E-state index is 12.8. The molecule has 1 heterocycles. The second kappa shape index (κ2) is 7.63. The molecule has 0 N–H and O–H groups in total. The second-order valence-corrected chi connectivity index (χ2v) is 7.64. The number of sulfonamides is 1. The molecule has 1 aliphatic rings. The number of nitro benzene ring substituents is 1. The Bertz CT molecular complexity index is 907. The smallest absolute Gasteiger partial charge is 0.289 e. The van der Waals surface area contributed by atoms with Gasteiger partial charge in [-0.1, -0.05) is 42.5 Å². The third kappa shape index (κ3) is 3.89. The van der Waals surface area contributed by atoms with Crippen LogP contribution in [0.5, 0.6) is 0 Å². The summed E-state index contributed by atoms with van der Waals surface area (Å²) < 4.78 is 26.8. The molecule has 0 radical (unpaired) electrons. The van der Waals surface area contributed by atoms with Gasteiger partial charge in [-0.3, -0.25) is 15.1 Å². The molecule has 8 nitrogen and oxygen atoms in total. The van der Waals surface area contributed by atoms with Crippen molar-refractivity contribution in [3.63, 3.8) is 0 Å². The van der Waals surface area contributed by atoms with Crippen molar-refractivity contribution in [2.45, 2.75) is 4.90 Å². The van der Waals surface area contributed by atoms with Gasteiger partial charge < -0.3 is 0 Å². The topological polar surface area (TPSA) is 96.1 Å². The van der Waals surface area contributed by atoms with Crippen LogP contribution in [-0.4, -0.2) is 55.0 Å². The molecule has 0 saturated carbocycles. The van der Waals surface area contributed by atoms with Gasteiger partial charge in [0.05, 0.1) is 11.1 Å². The van der Waals surface area contributed by atoms with Crippen LogP contribution in [0.2, 0.25) is 0 Å². The summed E-state index contributed by atoms with van der Waals surface area (Å²) in [6, 6.07) is 15.0. The van der Waals surface area contributed by atoms with Crippen LogP contribution >= 0.6 is 0 Å². The molecule has 3 rings (SSSR count). The highest BCUT2D eigenvalue weighted by molar-refractivity contribution is 7.89. The van der Waals surface area contributed by atoms with Gasteiger partial charge in [0.2, 0.25) is 10.0 Å². The number of rotatable bonds is 5. The Kier molecular flexibility index (Phi) is 5.29. The molecule has 26 heavy (non-hydrogen) atoms. The molecule has 0 atom stereocenters. The number of nitrogens with zero attached hydrogens (tertiary/aromatic N) is 4. The van der Waals surface area contributed by atoms with Gasteiger partial charge in [0.1, 0.15) is 0 Å². The first-order valence-electron chi connectivity index (χ1n) is 8.06. The Balaban J connectivity index is 1.70. The number of piperazine rings is 1. The highest BCUT2D eigenvalue weighted by Gasteiger charge is 2.33. The van der Waals surface area contributed by atoms with Crippen LogP contribution < -0.4 is 0 Å². The van der Waals surface area contributed by atoms with Crippen LogP contribution in [0.4, 0.5) is 5.69 Å². The van der Waals surface area contributed by atoms with Crippen molar-refractivity contribution < 1.29 is 13.3 Å². The van der Waals surface area contributed by atoms with E-state index >= 15 is 0 Å². The maximum absolute atomic E-state index is 12.8. The average Bonchev–Trinajstić information content (AvgIpc) is 2.67. The molecule has 0 aliphatic carbocycles. The second-order valence-electron chi connectivity index (χ2n) is 5.74. The minimum atomic E-state index is -3.92. The highest BCUT2D eigenvalue weighted by Crippen LogP contribution is 2.26. The van der Waals surface area contributed by atoms with Crippen molar-refractivity contribution in [3.05, 3.63) is 70.3 Å². The fourth-order valence-corrected chi connectivity index (χ4v) is 4.27. The van der Waals surface area contributed by atoms with E-state index in [0.29, 0.717) is 13.1 Å². The van der Waals surface area contributed by atoms with Crippen LogP contribution in [-0.2, 0) is 10.0 Å². The zero-order chi connectivity index (χ0) is 18.6. The molecule has 136 valence electrons. The molecule has 0 amide bonds. The Hall–Kier alpha value is -2.78. The molecular formula is C17H18N4O4S. The standard InChI is InChI=1S/C17H18N4O4S/c22-21(23)16-8-4-5-9-17(16)26(24,25)20-12-10-19(11-13-20)18-14-15-6-2-1-3-7-15/h1-9,14H,10-13H2. The molecule has 1 aliphatic heterocycles. The zero-order valence-electron chi connectivity index (χ0n) is 13.9. The summed E-state index contributed by atoms with van der Waals surface area (Å²) in [6.07, 6.45) is 1.73. The summed E-state index contributed by atoms with van der Waals surface area (Å²) in [4.78, 5) is 10.2. The van der Waals surface area contributed by atoms with Crippen molar-refractivity contribution in [2.75, 3.05) is 26.2 Å². The number of hydrogen-bond acceptors (Lipinski definition) is 6. The molecular weight excluding hydrogens is 356 g/mol. The Morgan fingerprint density at radius 3 is 2.23 bits per heavy atom. The zero-order valence-corrected chi connectivity index (χ0v) is 14.7. The lowest BCUT2D eigenvalue weighted by Gasteiger charge is -2.32. The summed E-state index contributed by atoms with van der Waals surface area (Å²) in [5.74, 6) is 0. The summed E-state index contributed by atoms with van der Waals surface area (Å²) in [7, 11) is -3.92. The van der Waals surface area contributed by atoms with Crippen molar-refractivity contribution in [3.8, 4) is 0 Å². The molecule has 1 saturated heterocycles. The summed E-state index contributed by atoms with van der Waals surface area (Å²) in [5.41, 5.74) is 0.555. The minimum absolute atomic E-state index is 0.223. The molecule has 0 bridgehead atoms. The highest BCUT2D eigenvalue weighted by atomic mass is 32.2. The number of nitro groups is 1. The van der Waals surface area contributed by atoms with E-state index in [1.807, 2.05) is 30.3 Å². The van der Waals surface area contributed by atoms with E-state index in [0.717, 1.165) is 5.56 Å². The van der Waals surface area contributed by atoms with Gasteiger partial charge in [0.15, 0.2) is 4.90 Å². The van der Waals surface area contributed by atoms with Crippen LogP contribution in [0.3, 0.4) is 0 Å². The van der Waals surface area contributed by atoms with E-state index in [-0.39, 0.29) is 18.0 Å². The maximum Gasteiger partial charge on any atom is 0.289 e. The molecule has 2 aromatic rings. The lowest BCUT2D eigenvalue weighted by Crippen LogP contribution is -2.46. The molecule has 9 heteroatoms. The van der Waals surface area contributed by atoms with Crippen molar-refractivity contribution >= 4 is 21.9 Å². The summed E-state index contributed by atoms with van der Waals surface area (Å²) in [5, 5.41) is 17.3. The third-order valence-electron chi connectivity index (χ3n) is 4.06. The predicted molar refractivity (Wildman–Crippen MR) is 97.5 cm³/mol. The van der Waals surface area contributed by atoms with E-state index < -0.39 is 20.6 Å². The molecule has 0 spiro atoms. The van der Waals surface area contributed by atoms with E-state index in [1.54, 1.807) is 11.2 Å². The molecule has 0 unspecified atom stereocenters. The first kappa shape index (κ1) is 18.0. The first-order chi connectivity index (χ1) is 12.5. The van der Waals surface area contributed by atoms with Gasteiger partial charge in [-0.05, 0) is 11.6 Å². The average molecular weight is 374 g/mol. The van der Waals surface area contributed by atoms with Crippen LogP contribution in [0, 0.1) is 10.1 Å². The number of hydrazone groups is 1. The van der Waals surface area contributed by atoms with Crippen LogP contribution in [0.15, 0.2) is 64.6 Å². The molecule has 1 fully saturated rings. The van der Waals surface area contributed by atoms with Gasteiger partial charge in [0, 0.05) is 32.2 Å². The van der Waals surface area contributed by atoms with Gasteiger partial charge in [0.25, 0.3) is 5.69 Å². The van der Waals surface area contributed by atoms with Crippen molar-refractivity contribution in [2.24, 2.45) is 5.10 Å². The lowest BCUT2D eigenvalue weighted by atomic mass is 10.2. The molecule has 2 aromatic carbocycles. The van der Waals surface area contributed by atoms with Gasteiger partial charge in [-0.2, -0.15) is 9.41 Å². The predicted octanol–water partition coefficient (Wildman–Crippen LogP) is 1.94. The summed E-state index contributed by atoms with van der Waals surface area (Å²) >= 11 is 0. The third-order valence-corrected chi connectivity index (χ3v) is 6.01. The summed E-state index contributed by atoms with van der Waals surface area (Å²) in [6.45, 7) is 1.29. The SMILES string of the molecule is O=[N+]([O-])c1ccccc1S(=O)(=O)N1CCN(N=Cc2ccccc2)CC1.